The topological polar surface area (TPSA) is 28.2 Å². The molecule has 1 N–H and O–H groups in total. The monoisotopic (exact) mass is 205 g/mol. The molecule has 0 radical (unpaired) electrons. The van der Waals surface area contributed by atoms with Crippen molar-refractivity contribution in [1.29, 1.82) is 0 Å². The van der Waals surface area contributed by atoms with Crippen LogP contribution in [0.5, 0.6) is 0 Å². The first-order chi connectivity index (χ1) is 7.16. The molecule has 1 aliphatic rings. The van der Waals surface area contributed by atoms with E-state index < -0.39 is 0 Å². The van der Waals surface area contributed by atoms with E-state index in [0.717, 1.165) is 25.5 Å². The molecular weight excluding hydrogens is 186 g/mol. The maximum atomic E-state index is 4.52. The van der Waals surface area contributed by atoms with Gasteiger partial charge < -0.3 is 10.2 Å². The SMILES string of the molecule is Cc1cnc2c(c1)NCCN2CC(C)C. The van der Waals surface area contributed by atoms with E-state index in [-0.39, 0.29) is 0 Å². The average molecular weight is 205 g/mol. The quantitative estimate of drug-likeness (QED) is 0.803. The summed E-state index contributed by atoms with van der Waals surface area (Å²) in [6.45, 7) is 9.74. The van der Waals surface area contributed by atoms with Crippen LogP contribution in [-0.2, 0) is 0 Å². The summed E-state index contributed by atoms with van der Waals surface area (Å²) in [4.78, 5) is 6.89. The molecule has 0 atom stereocenters. The molecule has 0 amide bonds. The largest absolute Gasteiger partial charge is 0.380 e. The summed E-state index contributed by atoms with van der Waals surface area (Å²) in [7, 11) is 0. The third-order valence-electron chi connectivity index (χ3n) is 2.59. The van der Waals surface area contributed by atoms with Gasteiger partial charge in [0.2, 0.25) is 0 Å². The summed E-state index contributed by atoms with van der Waals surface area (Å²) < 4.78 is 0. The molecule has 82 valence electrons. The van der Waals surface area contributed by atoms with E-state index in [1.807, 2.05) is 6.20 Å². The molecule has 3 nitrogen and oxygen atoms in total. The maximum absolute atomic E-state index is 4.52. The van der Waals surface area contributed by atoms with Gasteiger partial charge in [0.1, 0.15) is 0 Å². The number of fused-ring (bicyclic) bond motifs is 1. The standard InChI is InChI=1S/C12H19N3/c1-9(2)8-15-5-4-13-11-6-10(3)7-14-12(11)15/h6-7,9,13H,4-5,8H2,1-3H3. The first-order valence-corrected chi connectivity index (χ1v) is 5.62. The van der Waals surface area contributed by atoms with Gasteiger partial charge in [-0.1, -0.05) is 13.8 Å². The Kier molecular flexibility index (Phi) is 2.80. The molecule has 0 spiro atoms. The molecule has 1 aliphatic heterocycles. The highest BCUT2D eigenvalue weighted by Gasteiger charge is 2.18. The van der Waals surface area contributed by atoms with Gasteiger partial charge in [-0.2, -0.15) is 0 Å². The lowest BCUT2D eigenvalue weighted by Gasteiger charge is -2.32. The maximum Gasteiger partial charge on any atom is 0.152 e. The summed E-state index contributed by atoms with van der Waals surface area (Å²) in [5.74, 6) is 1.79. The van der Waals surface area contributed by atoms with Crippen molar-refractivity contribution in [2.24, 2.45) is 5.92 Å². The Morgan fingerprint density at radius 3 is 3.07 bits per heavy atom. The third-order valence-corrected chi connectivity index (χ3v) is 2.59. The summed E-state index contributed by atoms with van der Waals surface area (Å²) in [6, 6.07) is 2.18. The third kappa shape index (κ3) is 2.22. The average Bonchev–Trinajstić information content (AvgIpc) is 2.16. The molecule has 1 aromatic heterocycles. The fraction of sp³-hybridized carbons (Fsp3) is 0.583. The number of rotatable bonds is 2. The first-order valence-electron chi connectivity index (χ1n) is 5.62. The smallest absolute Gasteiger partial charge is 0.152 e. The fourth-order valence-corrected chi connectivity index (χ4v) is 1.99. The van der Waals surface area contributed by atoms with Gasteiger partial charge in [-0.05, 0) is 24.5 Å². The molecular formula is C12H19N3. The highest BCUT2D eigenvalue weighted by atomic mass is 15.2. The van der Waals surface area contributed by atoms with E-state index in [4.69, 9.17) is 0 Å². The molecule has 2 rings (SSSR count). The van der Waals surface area contributed by atoms with Crippen LogP contribution in [0.4, 0.5) is 11.5 Å². The van der Waals surface area contributed by atoms with E-state index >= 15 is 0 Å². The van der Waals surface area contributed by atoms with Crippen molar-refractivity contribution in [1.82, 2.24) is 4.98 Å². The first kappa shape index (κ1) is 10.3. The number of pyridine rings is 1. The number of hydrogen-bond acceptors (Lipinski definition) is 3. The van der Waals surface area contributed by atoms with Crippen molar-refractivity contribution >= 4 is 11.5 Å². The van der Waals surface area contributed by atoms with Crippen LogP contribution in [-0.4, -0.2) is 24.6 Å². The molecule has 0 unspecified atom stereocenters. The van der Waals surface area contributed by atoms with Crippen LogP contribution in [0, 0.1) is 12.8 Å². The highest BCUT2D eigenvalue weighted by molar-refractivity contribution is 5.68. The second-order valence-corrected chi connectivity index (χ2v) is 4.65. The number of aryl methyl sites for hydroxylation is 1. The van der Waals surface area contributed by atoms with Crippen LogP contribution in [0.25, 0.3) is 0 Å². The summed E-state index contributed by atoms with van der Waals surface area (Å²) in [5.41, 5.74) is 2.40. The molecule has 0 fully saturated rings. The van der Waals surface area contributed by atoms with Gasteiger partial charge in [-0.3, -0.25) is 0 Å². The Bertz CT molecular complexity index is 347. The van der Waals surface area contributed by atoms with Gasteiger partial charge in [0.15, 0.2) is 5.82 Å². The predicted octanol–water partition coefficient (Wildman–Crippen LogP) is 2.28. The highest BCUT2D eigenvalue weighted by Crippen LogP contribution is 2.27. The number of hydrogen-bond donors (Lipinski definition) is 1. The Labute approximate surface area is 91.5 Å². The van der Waals surface area contributed by atoms with E-state index in [2.05, 4.69) is 42.0 Å². The van der Waals surface area contributed by atoms with Crippen LogP contribution < -0.4 is 10.2 Å². The lowest BCUT2D eigenvalue weighted by molar-refractivity contribution is 0.605. The van der Waals surface area contributed by atoms with Gasteiger partial charge in [-0.25, -0.2) is 4.98 Å². The van der Waals surface area contributed by atoms with Crippen molar-refractivity contribution in [2.45, 2.75) is 20.8 Å². The Morgan fingerprint density at radius 2 is 2.33 bits per heavy atom. The molecule has 3 heteroatoms. The van der Waals surface area contributed by atoms with Crippen LogP contribution in [0.2, 0.25) is 0 Å². The van der Waals surface area contributed by atoms with E-state index in [0.29, 0.717) is 5.92 Å². The van der Waals surface area contributed by atoms with Crippen LogP contribution in [0.15, 0.2) is 12.3 Å². The number of nitrogens with zero attached hydrogens (tertiary/aromatic N) is 2. The molecule has 1 aromatic rings. The van der Waals surface area contributed by atoms with Crippen LogP contribution in [0.3, 0.4) is 0 Å². The van der Waals surface area contributed by atoms with Crippen molar-refractivity contribution in [3.05, 3.63) is 17.8 Å². The summed E-state index contributed by atoms with van der Waals surface area (Å²) in [6.07, 6.45) is 1.94. The van der Waals surface area contributed by atoms with Crippen LogP contribution in [0.1, 0.15) is 19.4 Å². The zero-order valence-electron chi connectivity index (χ0n) is 9.75. The minimum absolute atomic E-state index is 0.680. The van der Waals surface area contributed by atoms with Crippen molar-refractivity contribution < 1.29 is 0 Å². The zero-order chi connectivity index (χ0) is 10.8. The second kappa shape index (κ2) is 4.09. The number of anilines is 2. The Morgan fingerprint density at radius 1 is 1.53 bits per heavy atom. The van der Waals surface area contributed by atoms with E-state index in [9.17, 15) is 0 Å². The molecule has 0 bridgehead atoms. The second-order valence-electron chi connectivity index (χ2n) is 4.65. The van der Waals surface area contributed by atoms with Gasteiger partial charge >= 0.3 is 0 Å². The Balaban J connectivity index is 2.26. The van der Waals surface area contributed by atoms with Gasteiger partial charge in [-0.15, -0.1) is 0 Å². The fourth-order valence-electron chi connectivity index (χ4n) is 1.99. The Hall–Kier alpha value is -1.25. The van der Waals surface area contributed by atoms with Gasteiger partial charge in [0.25, 0.3) is 0 Å². The van der Waals surface area contributed by atoms with Gasteiger partial charge in [0.05, 0.1) is 5.69 Å². The number of nitrogens with one attached hydrogen (secondary N) is 1. The van der Waals surface area contributed by atoms with Crippen molar-refractivity contribution in [2.75, 3.05) is 29.9 Å². The summed E-state index contributed by atoms with van der Waals surface area (Å²) >= 11 is 0. The normalized spacial score (nSPS) is 15.1. The predicted molar refractivity (Wildman–Crippen MR) is 64.5 cm³/mol. The van der Waals surface area contributed by atoms with Crippen molar-refractivity contribution in [3.63, 3.8) is 0 Å². The molecule has 0 aliphatic carbocycles. The molecule has 0 saturated carbocycles. The molecule has 0 saturated heterocycles. The van der Waals surface area contributed by atoms with E-state index in [1.165, 1.54) is 11.3 Å². The van der Waals surface area contributed by atoms with Crippen LogP contribution >= 0.6 is 0 Å². The minimum atomic E-state index is 0.680. The lowest BCUT2D eigenvalue weighted by atomic mass is 10.1. The summed E-state index contributed by atoms with van der Waals surface area (Å²) in [5, 5.41) is 3.40. The van der Waals surface area contributed by atoms with Crippen molar-refractivity contribution in [3.8, 4) is 0 Å². The molecule has 0 aromatic carbocycles. The molecule has 2 heterocycles. The molecule has 15 heavy (non-hydrogen) atoms. The number of aromatic nitrogens is 1. The zero-order valence-corrected chi connectivity index (χ0v) is 9.75. The lowest BCUT2D eigenvalue weighted by Crippen LogP contribution is -2.37. The van der Waals surface area contributed by atoms with Gasteiger partial charge in [0, 0.05) is 25.8 Å². The minimum Gasteiger partial charge on any atom is -0.380 e. The van der Waals surface area contributed by atoms with E-state index in [1.54, 1.807) is 0 Å².